The molecule has 0 unspecified atom stereocenters. The van der Waals surface area contributed by atoms with Crippen molar-refractivity contribution < 1.29 is 13.2 Å². The van der Waals surface area contributed by atoms with Crippen molar-refractivity contribution in [2.24, 2.45) is 0 Å². The van der Waals surface area contributed by atoms with Crippen molar-refractivity contribution in [2.45, 2.75) is 29.5 Å². The minimum atomic E-state index is -3.49. The average Bonchev–Trinajstić information content (AvgIpc) is 3.03. The van der Waals surface area contributed by atoms with Gasteiger partial charge in [0.1, 0.15) is 0 Å². The SMILES string of the molecule is O=S(=O)(N[C@@H]1C[C@H]2CO[C@@H](c3ccc(Cl)cc3)CN2C1)c1ccccc1. The zero-order chi connectivity index (χ0) is 18.1. The third-order valence-electron chi connectivity index (χ3n) is 5.04. The first kappa shape index (κ1) is 17.9. The molecule has 2 aliphatic rings. The predicted octanol–water partition coefficient (Wildman–Crippen LogP) is 2.83. The van der Waals surface area contributed by atoms with Gasteiger partial charge in [-0.05, 0) is 36.2 Å². The molecule has 138 valence electrons. The van der Waals surface area contributed by atoms with Crippen LogP contribution in [0.3, 0.4) is 0 Å². The smallest absolute Gasteiger partial charge is 0.240 e. The van der Waals surface area contributed by atoms with E-state index in [-0.39, 0.29) is 18.2 Å². The van der Waals surface area contributed by atoms with Gasteiger partial charge in [-0.2, -0.15) is 0 Å². The lowest BCUT2D eigenvalue weighted by Crippen LogP contribution is -2.43. The number of sulfonamides is 1. The fourth-order valence-corrected chi connectivity index (χ4v) is 5.11. The normalized spacial score (nSPS) is 26.6. The molecule has 2 aliphatic heterocycles. The van der Waals surface area contributed by atoms with Gasteiger partial charge in [0.15, 0.2) is 0 Å². The quantitative estimate of drug-likeness (QED) is 0.869. The summed E-state index contributed by atoms with van der Waals surface area (Å²) < 4.78 is 33.9. The van der Waals surface area contributed by atoms with Gasteiger partial charge in [-0.15, -0.1) is 0 Å². The molecular formula is C19H21ClN2O3S. The highest BCUT2D eigenvalue weighted by atomic mass is 35.5. The fourth-order valence-electron chi connectivity index (χ4n) is 3.73. The standard InChI is InChI=1S/C19H21ClN2O3S/c20-15-8-6-14(7-9-15)19-12-22-11-16(10-17(22)13-25-19)21-26(23,24)18-4-2-1-3-5-18/h1-9,16-17,19,21H,10-13H2/t16-,17+,19-/m1/s1. The van der Waals surface area contributed by atoms with Gasteiger partial charge in [0.25, 0.3) is 0 Å². The average molecular weight is 393 g/mol. The summed E-state index contributed by atoms with van der Waals surface area (Å²) in [6.45, 7) is 2.07. The van der Waals surface area contributed by atoms with Gasteiger partial charge in [-0.1, -0.05) is 41.9 Å². The summed E-state index contributed by atoms with van der Waals surface area (Å²) in [6.07, 6.45) is 0.757. The van der Waals surface area contributed by atoms with Gasteiger partial charge >= 0.3 is 0 Å². The number of nitrogens with one attached hydrogen (secondary N) is 1. The number of ether oxygens (including phenoxy) is 1. The molecule has 3 atom stereocenters. The van der Waals surface area contributed by atoms with Crippen molar-refractivity contribution in [3.05, 3.63) is 65.2 Å². The molecule has 1 N–H and O–H groups in total. The van der Waals surface area contributed by atoms with Crippen LogP contribution >= 0.6 is 11.6 Å². The lowest BCUT2D eigenvalue weighted by Gasteiger charge is -2.35. The van der Waals surface area contributed by atoms with E-state index in [9.17, 15) is 8.42 Å². The van der Waals surface area contributed by atoms with Crippen molar-refractivity contribution in [3.8, 4) is 0 Å². The van der Waals surface area contributed by atoms with Crippen molar-refractivity contribution in [1.29, 1.82) is 0 Å². The van der Waals surface area contributed by atoms with Crippen LogP contribution in [0.4, 0.5) is 0 Å². The number of nitrogens with zero attached hydrogens (tertiary/aromatic N) is 1. The Labute approximate surface area is 159 Å². The molecule has 2 fully saturated rings. The summed E-state index contributed by atoms with van der Waals surface area (Å²) in [7, 11) is -3.49. The van der Waals surface area contributed by atoms with E-state index in [4.69, 9.17) is 16.3 Å². The van der Waals surface area contributed by atoms with E-state index in [0.29, 0.717) is 23.1 Å². The van der Waals surface area contributed by atoms with Gasteiger partial charge in [0, 0.05) is 30.2 Å². The maximum atomic E-state index is 12.5. The van der Waals surface area contributed by atoms with Gasteiger partial charge in [0.05, 0.1) is 17.6 Å². The molecule has 0 bridgehead atoms. The topological polar surface area (TPSA) is 58.6 Å². The molecule has 0 amide bonds. The highest BCUT2D eigenvalue weighted by molar-refractivity contribution is 7.89. The largest absolute Gasteiger partial charge is 0.371 e. The monoisotopic (exact) mass is 392 g/mol. The minimum absolute atomic E-state index is 0.00648. The molecule has 2 aromatic carbocycles. The second kappa shape index (κ2) is 7.29. The van der Waals surface area contributed by atoms with E-state index >= 15 is 0 Å². The Morgan fingerprint density at radius 1 is 1.04 bits per heavy atom. The lowest BCUT2D eigenvalue weighted by atomic mass is 10.1. The first-order chi connectivity index (χ1) is 12.5. The van der Waals surface area contributed by atoms with Crippen LogP contribution in [0.1, 0.15) is 18.1 Å². The Morgan fingerprint density at radius 2 is 1.77 bits per heavy atom. The Bertz CT molecular complexity index is 858. The number of halogens is 1. The van der Waals surface area contributed by atoms with Gasteiger partial charge in [-0.25, -0.2) is 13.1 Å². The van der Waals surface area contributed by atoms with Gasteiger partial charge in [0.2, 0.25) is 10.0 Å². The van der Waals surface area contributed by atoms with Crippen molar-refractivity contribution in [3.63, 3.8) is 0 Å². The predicted molar refractivity (Wildman–Crippen MR) is 101 cm³/mol. The second-order valence-corrected chi connectivity index (χ2v) is 9.00. The van der Waals surface area contributed by atoms with Crippen LogP contribution in [0.2, 0.25) is 5.02 Å². The van der Waals surface area contributed by atoms with Crippen LogP contribution in [0.5, 0.6) is 0 Å². The maximum absolute atomic E-state index is 12.5. The van der Waals surface area contributed by atoms with Gasteiger partial charge < -0.3 is 4.74 Å². The lowest BCUT2D eigenvalue weighted by molar-refractivity contribution is -0.0502. The Morgan fingerprint density at radius 3 is 2.50 bits per heavy atom. The molecular weight excluding hydrogens is 372 g/mol. The van der Waals surface area contributed by atoms with E-state index < -0.39 is 10.0 Å². The van der Waals surface area contributed by atoms with E-state index in [0.717, 1.165) is 18.5 Å². The molecule has 0 radical (unpaired) electrons. The zero-order valence-corrected chi connectivity index (χ0v) is 15.8. The van der Waals surface area contributed by atoms with E-state index in [1.165, 1.54) is 0 Å². The number of benzene rings is 2. The highest BCUT2D eigenvalue weighted by Crippen LogP contribution is 2.31. The summed E-state index contributed by atoms with van der Waals surface area (Å²) in [4.78, 5) is 2.63. The number of hydrogen-bond donors (Lipinski definition) is 1. The zero-order valence-electron chi connectivity index (χ0n) is 14.2. The first-order valence-electron chi connectivity index (χ1n) is 8.70. The molecule has 0 saturated carbocycles. The molecule has 26 heavy (non-hydrogen) atoms. The molecule has 2 aromatic rings. The fraction of sp³-hybridized carbons (Fsp3) is 0.368. The summed E-state index contributed by atoms with van der Waals surface area (Å²) in [5.74, 6) is 0. The number of rotatable bonds is 4. The third-order valence-corrected chi connectivity index (χ3v) is 6.82. The van der Waals surface area contributed by atoms with Crippen LogP contribution in [-0.2, 0) is 14.8 Å². The van der Waals surface area contributed by atoms with Crippen LogP contribution in [-0.4, -0.2) is 45.1 Å². The maximum Gasteiger partial charge on any atom is 0.240 e. The van der Waals surface area contributed by atoms with Crippen LogP contribution in [0.15, 0.2) is 59.5 Å². The van der Waals surface area contributed by atoms with E-state index in [1.807, 2.05) is 30.3 Å². The van der Waals surface area contributed by atoms with Gasteiger partial charge in [-0.3, -0.25) is 4.90 Å². The van der Waals surface area contributed by atoms with Crippen molar-refractivity contribution in [1.82, 2.24) is 9.62 Å². The van der Waals surface area contributed by atoms with Crippen LogP contribution in [0, 0.1) is 0 Å². The summed E-state index contributed by atoms with van der Waals surface area (Å²) in [6, 6.07) is 16.4. The van der Waals surface area contributed by atoms with E-state index in [2.05, 4.69) is 9.62 Å². The summed E-state index contributed by atoms with van der Waals surface area (Å²) >= 11 is 5.95. The van der Waals surface area contributed by atoms with Crippen molar-refractivity contribution >= 4 is 21.6 Å². The Kier molecular flexibility index (Phi) is 5.03. The first-order valence-corrected chi connectivity index (χ1v) is 10.6. The summed E-state index contributed by atoms with van der Waals surface area (Å²) in [5, 5.41) is 0.707. The molecule has 0 aliphatic carbocycles. The number of fused-ring (bicyclic) bond motifs is 1. The van der Waals surface area contributed by atoms with Crippen molar-refractivity contribution in [2.75, 3.05) is 19.7 Å². The molecule has 0 aromatic heterocycles. The molecule has 7 heteroatoms. The Balaban J connectivity index is 1.41. The minimum Gasteiger partial charge on any atom is -0.371 e. The molecule has 2 saturated heterocycles. The Hall–Kier alpha value is -1.44. The second-order valence-electron chi connectivity index (χ2n) is 6.85. The molecule has 0 spiro atoms. The molecule has 5 nitrogen and oxygen atoms in total. The van der Waals surface area contributed by atoms with E-state index in [1.54, 1.807) is 24.3 Å². The third kappa shape index (κ3) is 3.80. The highest BCUT2D eigenvalue weighted by Gasteiger charge is 2.39. The van der Waals surface area contributed by atoms with Crippen LogP contribution < -0.4 is 4.72 Å². The molecule has 4 rings (SSSR count). The molecule has 2 heterocycles. The number of morpholine rings is 1. The summed E-state index contributed by atoms with van der Waals surface area (Å²) in [5.41, 5.74) is 1.10. The number of hydrogen-bond acceptors (Lipinski definition) is 4. The van der Waals surface area contributed by atoms with Crippen LogP contribution in [0.25, 0.3) is 0 Å².